The summed E-state index contributed by atoms with van der Waals surface area (Å²) in [4.78, 5) is 13.8. The minimum atomic E-state index is 0.200. The lowest BCUT2D eigenvalue weighted by Crippen LogP contribution is -2.12. The Kier molecular flexibility index (Phi) is 3.22. The molecule has 0 N–H and O–H groups in total. The van der Waals surface area contributed by atoms with Crippen molar-refractivity contribution < 1.29 is 0 Å². The fourth-order valence-electron chi connectivity index (χ4n) is 1.21. The van der Waals surface area contributed by atoms with Gasteiger partial charge in [-0.25, -0.2) is 15.0 Å². The molecule has 4 nitrogen and oxygen atoms in total. The minimum absolute atomic E-state index is 0.200. The van der Waals surface area contributed by atoms with E-state index in [4.69, 9.17) is 23.2 Å². The van der Waals surface area contributed by atoms with Crippen molar-refractivity contribution in [3.63, 3.8) is 0 Å². The lowest BCUT2D eigenvalue weighted by Gasteiger charge is -2.16. The molecule has 0 saturated heterocycles. The maximum Gasteiger partial charge on any atom is 0.224 e. The first-order valence-corrected chi connectivity index (χ1v) is 5.27. The van der Waals surface area contributed by atoms with Crippen molar-refractivity contribution >= 4 is 34.8 Å². The Hall–Kier alpha value is -1.39. The molecule has 6 heteroatoms. The number of rotatable bonds is 2. The molecule has 0 spiro atoms. The molecule has 0 radical (unpaired) electrons. The molecule has 0 bridgehead atoms. The molecule has 2 rings (SSSR count). The second-order valence-corrected chi connectivity index (χ2v) is 3.79. The first kappa shape index (κ1) is 11.1. The molecule has 0 unspecified atom stereocenters. The van der Waals surface area contributed by atoms with Crippen LogP contribution >= 0.6 is 23.2 Å². The molecule has 0 aliphatic carbocycles. The summed E-state index contributed by atoms with van der Waals surface area (Å²) in [6, 6.07) is 7.12. The van der Waals surface area contributed by atoms with E-state index in [0.29, 0.717) is 16.8 Å². The number of hydrogen-bond donors (Lipinski definition) is 0. The normalized spacial score (nSPS) is 10.2. The molecule has 0 aromatic carbocycles. The van der Waals surface area contributed by atoms with E-state index >= 15 is 0 Å². The van der Waals surface area contributed by atoms with Crippen LogP contribution in [0.2, 0.25) is 10.4 Å². The Bertz CT molecular complexity index is 458. The van der Waals surface area contributed by atoms with Crippen LogP contribution in [-0.4, -0.2) is 22.0 Å². The van der Waals surface area contributed by atoms with Gasteiger partial charge in [0.1, 0.15) is 16.8 Å². The van der Waals surface area contributed by atoms with Crippen LogP contribution in [-0.2, 0) is 0 Å². The lowest BCUT2D eigenvalue weighted by molar-refractivity contribution is 1.05. The highest BCUT2D eigenvalue weighted by Crippen LogP contribution is 2.21. The van der Waals surface area contributed by atoms with Crippen molar-refractivity contribution in [1.82, 2.24) is 15.0 Å². The van der Waals surface area contributed by atoms with E-state index in [9.17, 15) is 0 Å². The van der Waals surface area contributed by atoms with Gasteiger partial charge < -0.3 is 4.90 Å². The Morgan fingerprint density at radius 3 is 2.50 bits per heavy atom. The van der Waals surface area contributed by atoms with Gasteiger partial charge in [0.05, 0.1) is 0 Å². The summed E-state index contributed by atoms with van der Waals surface area (Å²) < 4.78 is 0. The average Bonchev–Trinajstić information content (AvgIpc) is 2.28. The molecule has 2 aromatic heterocycles. The SMILES string of the molecule is CN(c1cccc(Cl)n1)c1ccnc(Cl)n1. The molecule has 0 aliphatic heterocycles. The van der Waals surface area contributed by atoms with Gasteiger partial charge in [0, 0.05) is 13.2 Å². The van der Waals surface area contributed by atoms with Gasteiger partial charge in [0.25, 0.3) is 0 Å². The number of aromatic nitrogens is 3. The van der Waals surface area contributed by atoms with E-state index in [0.717, 1.165) is 0 Å². The van der Waals surface area contributed by atoms with Crippen molar-refractivity contribution in [1.29, 1.82) is 0 Å². The topological polar surface area (TPSA) is 41.9 Å². The molecule has 16 heavy (non-hydrogen) atoms. The highest BCUT2D eigenvalue weighted by atomic mass is 35.5. The van der Waals surface area contributed by atoms with Gasteiger partial charge in [-0.05, 0) is 29.8 Å². The summed E-state index contributed by atoms with van der Waals surface area (Å²) in [5.74, 6) is 1.36. The third-order valence-electron chi connectivity index (χ3n) is 2.00. The highest BCUT2D eigenvalue weighted by molar-refractivity contribution is 6.29. The van der Waals surface area contributed by atoms with E-state index in [1.165, 1.54) is 0 Å². The van der Waals surface area contributed by atoms with E-state index in [2.05, 4.69) is 15.0 Å². The molecule has 82 valence electrons. The van der Waals surface area contributed by atoms with Gasteiger partial charge in [0.2, 0.25) is 5.28 Å². The minimum Gasteiger partial charge on any atom is -0.314 e. The zero-order valence-electron chi connectivity index (χ0n) is 8.43. The number of nitrogens with zero attached hydrogens (tertiary/aromatic N) is 4. The first-order valence-electron chi connectivity index (χ1n) is 4.51. The Labute approximate surface area is 103 Å². The van der Waals surface area contributed by atoms with Crippen LogP contribution in [0.4, 0.5) is 11.6 Å². The predicted molar refractivity (Wildman–Crippen MR) is 64.4 cm³/mol. The molecule has 2 heterocycles. The van der Waals surface area contributed by atoms with Crippen LogP contribution in [0.3, 0.4) is 0 Å². The smallest absolute Gasteiger partial charge is 0.224 e. The summed E-state index contributed by atoms with van der Waals surface area (Å²) in [6.07, 6.45) is 1.59. The summed E-state index contributed by atoms with van der Waals surface area (Å²) >= 11 is 11.5. The van der Waals surface area contributed by atoms with Gasteiger partial charge in [-0.15, -0.1) is 0 Å². The molecular weight excluding hydrogens is 247 g/mol. The second-order valence-electron chi connectivity index (χ2n) is 3.06. The lowest BCUT2D eigenvalue weighted by atomic mass is 10.4. The Morgan fingerprint density at radius 1 is 1.06 bits per heavy atom. The molecule has 0 fully saturated rings. The number of hydrogen-bond acceptors (Lipinski definition) is 4. The molecule has 0 atom stereocenters. The van der Waals surface area contributed by atoms with Gasteiger partial charge in [-0.3, -0.25) is 0 Å². The third kappa shape index (κ3) is 2.40. The van der Waals surface area contributed by atoms with Crippen molar-refractivity contribution in [3.8, 4) is 0 Å². The average molecular weight is 255 g/mol. The molecule has 0 saturated carbocycles. The summed E-state index contributed by atoms with van der Waals surface area (Å²) in [5, 5.41) is 0.635. The maximum atomic E-state index is 5.81. The monoisotopic (exact) mass is 254 g/mol. The van der Waals surface area contributed by atoms with Gasteiger partial charge in [0.15, 0.2) is 0 Å². The number of anilines is 2. The zero-order valence-corrected chi connectivity index (χ0v) is 9.94. The van der Waals surface area contributed by atoms with E-state index in [-0.39, 0.29) is 5.28 Å². The molecule has 2 aromatic rings. The summed E-state index contributed by atoms with van der Waals surface area (Å²) in [5.41, 5.74) is 0. The van der Waals surface area contributed by atoms with Crippen molar-refractivity contribution in [2.75, 3.05) is 11.9 Å². The number of pyridine rings is 1. The van der Waals surface area contributed by atoms with Crippen molar-refractivity contribution in [3.05, 3.63) is 40.9 Å². The van der Waals surface area contributed by atoms with Crippen LogP contribution in [0, 0.1) is 0 Å². The van der Waals surface area contributed by atoms with Crippen LogP contribution in [0.1, 0.15) is 0 Å². The molecular formula is C10H8Cl2N4. The third-order valence-corrected chi connectivity index (χ3v) is 2.39. The Morgan fingerprint density at radius 2 is 1.81 bits per heavy atom. The van der Waals surface area contributed by atoms with Crippen LogP contribution in [0.5, 0.6) is 0 Å². The maximum absolute atomic E-state index is 5.81. The van der Waals surface area contributed by atoms with Gasteiger partial charge in [-0.2, -0.15) is 0 Å². The van der Waals surface area contributed by atoms with Crippen molar-refractivity contribution in [2.45, 2.75) is 0 Å². The fourth-order valence-corrected chi connectivity index (χ4v) is 1.52. The van der Waals surface area contributed by atoms with E-state index in [1.54, 1.807) is 23.2 Å². The molecule has 0 aliphatic rings. The first-order chi connectivity index (χ1) is 7.66. The Balaban J connectivity index is 2.35. The van der Waals surface area contributed by atoms with Crippen LogP contribution < -0.4 is 4.90 Å². The van der Waals surface area contributed by atoms with Crippen LogP contribution in [0.15, 0.2) is 30.5 Å². The number of halogens is 2. The fraction of sp³-hybridized carbons (Fsp3) is 0.100. The summed E-state index contributed by atoms with van der Waals surface area (Å²) in [6.45, 7) is 0. The van der Waals surface area contributed by atoms with Gasteiger partial charge in [-0.1, -0.05) is 17.7 Å². The zero-order chi connectivity index (χ0) is 11.5. The second kappa shape index (κ2) is 4.63. The van der Waals surface area contributed by atoms with E-state index < -0.39 is 0 Å². The predicted octanol–water partition coefficient (Wildman–Crippen LogP) is 2.95. The van der Waals surface area contributed by atoms with E-state index in [1.807, 2.05) is 19.2 Å². The highest BCUT2D eigenvalue weighted by Gasteiger charge is 2.07. The van der Waals surface area contributed by atoms with Crippen molar-refractivity contribution in [2.24, 2.45) is 0 Å². The summed E-state index contributed by atoms with van der Waals surface area (Å²) in [7, 11) is 1.83. The van der Waals surface area contributed by atoms with Crippen LogP contribution in [0.25, 0.3) is 0 Å². The quantitative estimate of drug-likeness (QED) is 0.611. The van der Waals surface area contributed by atoms with Gasteiger partial charge >= 0.3 is 0 Å². The largest absolute Gasteiger partial charge is 0.314 e. The molecule has 0 amide bonds. The standard InChI is InChI=1S/C10H8Cl2N4/c1-16(8-4-2-3-7(11)14-8)9-5-6-13-10(12)15-9/h2-6H,1H3.